The van der Waals surface area contributed by atoms with Crippen molar-refractivity contribution in [2.24, 2.45) is 11.7 Å². The molecule has 0 aromatic heterocycles. The SMILES string of the molecule is CC(CN)(NC(=O)CN1C(=O)c2ccc(Br)cc2C1=O)C1CC1. The largest absolute Gasteiger partial charge is 0.348 e. The molecule has 1 aliphatic carbocycles. The van der Waals surface area contributed by atoms with E-state index in [0.717, 1.165) is 17.7 Å². The van der Waals surface area contributed by atoms with Crippen LogP contribution in [-0.2, 0) is 4.79 Å². The number of benzene rings is 1. The maximum absolute atomic E-state index is 12.4. The highest BCUT2D eigenvalue weighted by atomic mass is 79.9. The molecule has 0 bridgehead atoms. The average molecular weight is 380 g/mol. The van der Waals surface area contributed by atoms with E-state index < -0.39 is 17.4 Å². The molecule has 0 spiro atoms. The van der Waals surface area contributed by atoms with Gasteiger partial charge in [0.25, 0.3) is 11.8 Å². The Balaban J connectivity index is 1.72. The molecule has 3 N–H and O–H groups in total. The second-order valence-electron chi connectivity index (χ2n) is 6.33. The van der Waals surface area contributed by atoms with Crippen molar-refractivity contribution in [3.63, 3.8) is 0 Å². The Morgan fingerprint density at radius 3 is 2.61 bits per heavy atom. The van der Waals surface area contributed by atoms with Gasteiger partial charge in [-0.25, -0.2) is 0 Å². The Hall–Kier alpha value is -1.73. The highest BCUT2D eigenvalue weighted by Crippen LogP contribution is 2.39. The summed E-state index contributed by atoms with van der Waals surface area (Å²) < 4.78 is 0.716. The van der Waals surface area contributed by atoms with Gasteiger partial charge in [-0.15, -0.1) is 0 Å². The van der Waals surface area contributed by atoms with Crippen molar-refractivity contribution < 1.29 is 14.4 Å². The molecular formula is C16H18BrN3O3. The Morgan fingerprint density at radius 2 is 2.00 bits per heavy atom. The van der Waals surface area contributed by atoms with E-state index in [1.165, 1.54) is 0 Å². The fourth-order valence-electron chi connectivity index (χ4n) is 2.95. The molecule has 7 heteroatoms. The third-order valence-electron chi connectivity index (χ3n) is 4.56. The Kier molecular flexibility index (Phi) is 4.01. The first-order valence-electron chi connectivity index (χ1n) is 7.52. The predicted molar refractivity (Wildman–Crippen MR) is 87.8 cm³/mol. The summed E-state index contributed by atoms with van der Waals surface area (Å²) >= 11 is 3.28. The van der Waals surface area contributed by atoms with Crippen LogP contribution in [-0.4, -0.2) is 41.2 Å². The summed E-state index contributed by atoms with van der Waals surface area (Å²) in [6.07, 6.45) is 2.07. The molecule has 122 valence electrons. The number of halogens is 1. The molecule has 1 aliphatic heterocycles. The van der Waals surface area contributed by atoms with Crippen molar-refractivity contribution in [2.75, 3.05) is 13.1 Å². The van der Waals surface area contributed by atoms with Crippen LogP contribution in [0.2, 0.25) is 0 Å². The van der Waals surface area contributed by atoms with Gasteiger partial charge >= 0.3 is 0 Å². The van der Waals surface area contributed by atoms with E-state index in [4.69, 9.17) is 5.73 Å². The van der Waals surface area contributed by atoms with Gasteiger partial charge < -0.3 is 11.1 Å². The summed E-state index contributed by atoms with van der Waals surface area (Å²) in [5, 5.41) is 2.89. The smallest absolute Gasteiger partial charge is 0.262 e. The minimum absolute atomic E-state index is 0.285. The molecule has 3 amide bonds. The van der Waals surface area contributed by atoms with Crippen LogP contribution in [0, 0.1) is 5.92 Å². The van der Waals surface area contributed by atoms with Gasteiger partial charge in [-0.05, 0) is 43.9 Å². The van der Waals surface area contributed by atoms with Crippen LogP contribution < -0.4 is 11.1 Å². The second kappa shape index (κ2) is 5.72. The van der Waals surface area contributed by atoms with E-state index in [9.17, 15) is 14.4 Å². The molecule has 23 heavy (non-hydrogen) atoms. The van der Waals surface area contributed by atoms with Gasteiger partial charge in [-0.3, -0.25) is 19.3 Å². The number of hydrogen-bond acceptors (Lipinski definition) is 4. The highest BCUT2D eigenvalue weighted by molar-refractivity contribution is 9.10. The molecule has 6 nitrogen and oxygen atoms in total. The van der Waals surface area contributed by atoms with Gasteiger partial charge in [0, 0.05) is 11.0 Å². The molecule has 1 unspecified atom stereocenters. The van der Waals surface area contributed by atoms with E-state index in [0.29, 0.717) is 28.1 Å². The molecule has 0 saturated heterocycles. The van der Waals surface area contributed by atoms with Gasteiger partial charge in [-0.2, -0.15) is 0 Å². The summed E-state index contributed by atoms with van der Waals surface area (Å²) in [6.45, 7) is 1.95. The minimum atomic E-state index is -0.473. The lowest BCUT2D eigenvalue weighted by molar-refractivity contribution is -0.123. The van der Waals surface area contributed by atoms with Crippen LogP contribution in [0.3, 0.4) is 0 Å². The van der Waals surface area contributed by atoms with Crippen molar-refractivity contribution in [3.8, 4) is 0 Å². The normalized spacial score (nSPS) is 19.5. The number of rotatable bonds is 5. The van der Waals surface area contributed by atoms with E-state index in [1.807, 2.05) is 6.92 Å². The third-order valence-corrected chi connectivity index (χ3v) is 5.06. The fraction of sp³-hybridized carbons (Fsp3) is 0.438. The van der Waals surface area contributed by atoms with Gasteiger partial charge in [-0.1, -0.05) is 15.9 Å². The molecular weight excluding hydrogens is 362 g/mol. The number of fused-ring (bicyclic) bond motifs is 1. The molecule has 1 aromatic rings. The number of hydrogen-bond donors (Lipinski definition) is 2. The maximum atomic E-state index is 12.4. The van der Waals surface area contributed by atoms with E-state index >= 15 is 0 Å². The number of amides is 3. The molecule has 1 atom stereocenters. The summed E-state index contributed by atoms with van der Waals surface area (Å²) in [5.74, 6) is -0.871. The summed E-state index contributed by atoms with van der Waals surface area (Å²) in [7, 11) is 0. The monoisotopic (exact) mass is 379 g/mol. The van der Waals surface area contributed by atoms with Gasteiger partial charge in [0.2, 0.25) is 5.91 Å². The molecule has 1 fully saturated rings. The number of nitrogens with zero attached hydrogens (tertiary/aromatic N) is 1. The lowest BCUT2D eigenvalue weighted by Gasteiger charge is -2.30. The summed E-state index contributed by atoms with van der Waals surface area (Å²) in [6, 6.07) is 4.89. The molecule has 1 heterocycles. The first kappa shape index (κ1) is 16.1. The van der Waals surface area contributed by atoms with E-state index in [1.54, 1.807) is 18.2 Å². The van der Waals surface area contributed by atoms with Gasteiger partial charge in [0.1, 0.15) is 6.54 Å². The van der Waals surface area contributed by atoms with Crippen LogP contribution in [0.1, 0.15) is 40.5 Å². The first-order valence-corrected chi connectivity index (χ1v) is 8.32. The summed E-state index contributed by atoms with van der Waals surface area (Å²) in [5.41, 5.74) is 5.95. The topological polar surface area (TPSA) is 92.5 Å². The lowest BCUT2D eigenvalue weighted by Crippen LogP contribution is -2.55. The Labute approximate surface area is 142 Å². The molecule has 0 radical (unpaired) electrons. The third kappa shape index (κ3) is 2.90. The lowest BCUT2D eigenvalue weighted by atomic mass is 9.96. The van der Waals surface area contributed by atoms with Crippen LogP contribution in [0.15, 0.2) is 22.7 Å². The second-order valence-corrected chi connectivity index (χ2v) is 7.25. The zero-order valence-corrected chi connectivity index (χ0v) is 14.4. The number of carbonyl (C=O) groups is 3. The maximum Gasteiger partial charge on any atom is 0.262 e. The number of nitrogens with two attached hydrogens (primary N) is 1. The number of nitrogens with one attached hydrogen (secondary N) is 1. The summed E-state index contributed by atoms with van der Waals surface area (Å²) in [4.78, 5) is 38.0. The first-order chi connectivity index (χ1) is 10.9. The number of imide groups is 1. The van der Waals surface area contributed by atoms with Crippen molar-refractivity contribution in [1.82, 2.24) is 10.2 Å². The zero-order valence-electron chi connectivity index (χ0n) is 12.8. The van der Waals surface area contributed by atoms with Crippen molar-refractivity contribution in [2.45, 2.75) is 25.3 Å². The number of carbonyl (C=O) groups excluding carboxylic acids is 3. The molecule has 2 aliphatic rings. The zero-order chi connectivity index (χ0) is 16.8. The predicted octanol–water partition coefficient (Wildman–Crippen LogP) is 1.29. The fourth-order valence-corrected chi connectivity index (χ4v) is 3.31. The Morgan fingerprint density at radius 1 is 1.35 bits per heavy atom. The van der Waals surface area contributed by atoms with Gasteiger partial charge in [0.15, 0.2) is 0 Å². The van der Waals surface area contributed by atoms with Crippen molar-refractivity contribution in [3.05, 3.63) is 33.8 Å². The quantitative estimate of drug-likeness (QED) is 0.753. The van der Waals surface area contributed by atoms with Crippen molar-refractivity contribution in [1.29, 1.82) is 0 Å². The van der Waals surface area contributed by atoms with Gasteiger partial charge in [0.05, 0.1) is 16.7 Å². The van der Waals surface area contributed by atoms with Crippen molar-refractivity contribution >= 4 is 33.7 Å². The average Bonchev–Trinajstić information content (AvgIpc) is 3.33. The van der Waals surface area contributed by atoms with Crippen LogP contribution in [0.5, 0.6) is 0 Å². The highest BCUT2D eigenvalue weighted by Gasteiger charge is 2.43. The van der Waals surface area contributed by atoms with Crippen LogP contribution in [0.25, 0.3) is 0 Å². The van der Waals surface area contributed by atoms with E-state index in [-0.39, 0.29) is 12.5 Å². The van der Waals surface area contributed by atoms with Crippen LogP contribution in [0.4, 0.5) is 0 Å². The molecule has 1 saturated carbocycles. The minimum Gasteiger partial charge on any atom is -0.348 e. The Bertz CT molecular complexity index is 702. The molecule has 1 aromatic carbocycles. The molecule has 3 rings (SSSR count). The van der Waals surface area contributed by atoms with Crippen LogP contribution >= 0.6 is 15.9 Å². The van der Waals surface area contributed by atoms with E-state index in [2.05, 4.69) is 21.2 Å². The standard InChI is InChI=1S/C16H18BrN3O3/c1-16(8-18,9-2-3-9)19-13(21)7-20-14(22)11-5-4-10(17)6-12(11)15(20)23/h4-6,9H,2-3,7-8,18H2,1H3,(H,19,21).